The summed E-state index contributed by atoms with van der Waals surface area (Å²) < 4.78 is 4.99. The number of carbonyl (C=O) groups excluding carboxylic acids is 2. The Kier molecular flexibility index (Phi) is 3.81. The van der Waals surface area contributed by atoms with Crippen molar-refractivity contribution in [2.45, 2.75) is 12.5 Å². The molecule has 0 saturated heterocycles. The Bertz CT molecular complexity index is 640. The molecule has 1 atom stereocenters. The molecule has 1 heterocycles. The van der Waals surface area contributed by atoms with Gasteiger partial charge < -0.3 is 15.5 Å². The van der Waals surface area contributed by atoms with E-state index in [9.17, 15) is 9.59 Å². The zero-order chi connectivity index (χ0) is 14.8. The third-order valence-corrected chi connectivity index (χ3v) is 3.24. The van der Waals surface area contributed by atoms with E-state index in [4.69, 9.17) is 21.8 Å². The number of furan rings is 1. The molecule has 5 nitrogen and oxygen atoms in total. The number of nitrogens with two attached hydrogens (primary N) is 1. The third-order valence-electron chi connectivity index (χ3n) is 3.00. The van der Waals surface area contributed by atoms with E-state index in [1.807, 2.05) is 0 Å². The predicted octanol–water partition coefficient (Wildman–Crippen LogP) is 2.06. The van der Waals surface area contributed by atoms with Crippen LogP contribution < -0.4 is 11.1 Å². The molecule has 1 aromatic heterocycles. The van der Waals surface area contributed by atoms with E-state index in [2.05, 4.69) is 5.32 Å². The van der Waals surface area contributed by atoms with Crippen LogP contribution in [0.25, 0.3) is 0 Å². The first kappa shape index (κ1) is 14.1. The van der Waals surface area contributed by atoms with Gasteiger partial charge in [0.15, 0.2) is 5.76 Å². The molecule has 0 radical (unpaired) electrons. The van der Waals surface area contributed by atoms with Gasteiger partial charge in [-0.3, -0.25) is 9.59 Å². The van der Waals surface area contributed by atoms with Crippen molar-refractivity contribution in [3.05, 3.63) is 59.0 Å². The largest absolute Gasteiger partial charge is 0.459 e. The Balaban J connectivity index is 2.35. The fourth-order valence-electron chi connectivity index (χ4n) is 1.77. The van der Waals surface area contributed by atoms with Gasteiger partial charge in [0.2, 0.25) is 5.91 Å². The number of carbonyl (C=O) groups is 2. The summed E-state index contributed by atoms with van der Waals surface area (Å²) in [4.78, 5) is 23.8. The lowest BCUT2D eigenvalue weighted by atomic mass is 9.91. The van der Waals surface area contributed by atoms with Crippen LogP contribution in [0.15, 0.2) is 47.1 Å². The van der Waals surface area contributed by atoms with Gasteiger partial charge in [-0.2, -0.15) is 0 Å². The van der Waals surface area contributed by atoms with Crippen LogP contribution in [0.5, 0.6) is 0 Å². The molecule has 2 rings (SSSR count). The lowest BCUT2D eigenvalue weighted by molar-refractivity contribution is -0.123. The highest BCUT2D eigenvalue weighted by Gasteiger charge is 2.36. The molecular weight excluding hydrogens is 280 g/mol. The lowest BCUT2D eigenvalue weighted by Gasteiger charge is -2.27. The van der Waals surface area contributed by atoms with E-state index < -0.39 is 17.4 Å². The summed E-state index contributed by atoms with van der Waals surface area (Å²) in [5.74, 6) is -1.13. The molecule has 0 aliphatic carbocycles. The van der Waals surface area contributed by atoms with Crippen molar-refractivity contribution in [3.63, 3.8) is 0 Å². The normalized spacial score (nSPS) is 13.5. The Hall–Kier alpha value is -2.27. The second kappa shape index (κ2) is 5.38. The monoisotopic (exact) mass is 292 g/mol. The molecule has 20 heavy (non-hydrogen) atoms. The highest BCUT2D eigenvalue weighted by Crippen LogP contribution is 2.24. The average molecular weight is 293 g/mol. The minimum absolute atomic E-state index is 0.0968. The number of halogens is 1. The van der Waals surface area contributed by atoms with Crippen LogP contribution in [0.1, 0.15) is 23.0 Å². The molecule has 1 aromatic carbocycles. The zero-order valence-corrected chi connectivity index (χ0v) is 11.5. The van der Waals surface area contributed by atoms with Crippen molar-refractivity contribution >= 4 is 23.4 Å². The summed E-state index contributed by atoms with van der Waals surface area (Å²) in [6, 6.07) is 9.66. The maximum absolute atomic E-state index is 12.0. The first-order valence-corrected chi connectivity index (χ1v) is 6.23. The standard InChI is InChI=1S/C14H13ClN2O3/c1-14(13(16)19,9-4-2-5-10(15)8-9)17-12(18)11-6-3-7-20-11/h2-8H,1H3,(H2,16,19)(H,17,18)/t14-/m0/s1. The molecule has 2 aromatic rings. The van der Waals surface area contributed by atoms with Gasteiger partial charge in [-0.05, 0) is 36.8 Å². The molecule has 104 valence electrons. The maximum atomic E-state index is 12.0. The predicted molar refractivity (Wildman–Crippen MR) is 74.2 cm³/mol. The summed E-state index contributed by atoms with van der Waals surface area (Å²) in [6.07, 6.45) is 1.37. The van der Waals surface area contributed by atoms with Gasteiger partial charge in [-0.15, -0.1) is 0 Å². The Morgan fingerprint density at radius 3 is 2.60 bits per heavy atom. The molecule has 3 N–H and O–H groups in total. The van der Waals surface area contributed by atoms with Crippen LogP contribution in [-0.4, -0.2) is 11.8 Å². The van der Waals surface area contributed by atoms with Gasteiger partial charge >= 0.3 is 0 Å². The summed E-state index contributed by atoms with van der Waals surface area (Å²) in [6.45, 7) is 1.52. The second-order valence-electron chi connectivity index (χ2n) is 4.43. The molecule has 0 saturated carbocycles. The van der Waals surface area contributed by atoms with Gasteiger partial charge in [-0.1, -0.05) is 23.7 Å². The average Bonchev–Trinajstić information content (AvgIpc) is 2.92. The maximum Gasteiger partial charge on any atom is 0.288 e. The smallest absolute Gasteiger partial charge is 0.288 e. The van der Waals surface area contributed by atoms with Gasteiger partial charge in [0.1, 0.15) is 5.54 Å². The van der Waals surface area contributed by atoms with Crippen LogP contribution in [0, 0.1) is 0 Å². The van der Waals surface area contributed by atoms with E-state index in [1.54, 1.807) is 30.3 Å². The number of benzene rings is 1. The summed E-state index contributed by atoms with van der Waals surface area (Å²) in [5.41, 5.74) is 4.54. The minimum atomic E-state index is -1.38. The third kappa shape index (κ3) is 2.67. The van der Waals surface area contributed by atoms with Crippen molar-refractivity contribution in [1.82, 2.24) is 5.32 Å². The van der Waals surface area contributed by atoms with Gasteiger partial charge in [0, 0.05) is 5.02 Å². The second-order valence-corrected chi connectivity index (χ2v) is 4.87. The number of rotatable bonds is 4. The first-order valence-electron chi connectivity index (χ1n) is 5.85. The van der Waals surface area contributed by atoms with E-state index in [0.717, 1.165) is 0 Å². The van der Waals surface area contributed by atoms with Crippen LogP contribution in [0.4, 0.5) is 0 Å². The molecule has 6 heteroatoms. The number of hydrogen-bond donors (Lipinski definition) is 2. The van der Waals surface area contributed by atoms with E-state index >= 15 is 0 Å². The van der Waals surface area contributed by atoms with Crippen LogP contribution >= 0.6 is 11.6 Å². The molecule has 0 spiro atoms. The van der Waals surface area contributed by atoms with Crippen LogP contribution in [-0.2, 0) is 10.3 Å². The van der Waals surface area contributed by atoms with E-state index in [0.29, 0.717) is 10.6 Å². The number of amides is 2. The highest BCUT2D eigenvalue weighted by molar-refractivity contribution is 6.30. The zero-order valence-electron chi connectivity index (χ0n) is 10.7. The molecule has 2 amide bonds. The Labute approximate surface area is 120 Å². The van der Waals surface area contributed by atoms with Gasteiger partial charge in [0.25, 0.3) is 5.91 Å². The number of primary amides is 1. The fraction of sp³-hybridized carbons (Fsp3) is 0.143. The molecule has 0 aliphatic rings. The first-order chi connectivity index (χ1) is 9.43. The summed E-state index contributed by atoms with van der Waals surface area (Å²) in [5, 5.41) is 3.02. The molecule has 0 bridgehead atoms. The van der Waals surface area contributed by atoms with E-state index in [1.165, 1.54) is 19.3 Å². The molecular formula is C14H13ClN2O3. The summed E-state index contributed by atoms with van der Waals surface area (Å²) >= 11 is 5.91. The molecule has 0 aliphatic heterocycles. The summed E-state index contributed by atoms with van der Waals surface area (Å²) in [7, 11) is 0. The van der Waals surface area contributed by atoms with Crippen molar-refractivity contribution in [2.24, 2.45) is 5.73 Å². The van der Waals surface area contributed by atoms with Gasteiger partial charge in [0.05, 0.1) is 6.26 Å². The highest BCUT2D eigenvalue weighted by atomic mass is 35.5. The van der Waals surface area contributed by atoms with Crippen molar-refractivity contribution < 1.29 is 14.0 Å². The quantitative estimate of drug-likeness (QED) is 0.904. The lowest BCUT2D eigenvalue weighted by Crippen LogP contribution is -2.52. The van der Waals surface area contributed by atoms with Crippen molar-refractivity contribution in [3.8, 4) is 0 Å². The van der Waals surface area contributed by atoms with Crippen LogP contribution in [0.3, 0.4) is 0 Å². The number of nitrogens with one attached hydrogen (secondary N) is 1. The van der Waals surface area contributed by atoms with Gasteiger partial charge in [-0.25, -0.2) is 0 Å². The fourth-order valence-corrected chi connectivity index (χ4v) is 1.96. The van der Waals surface area contributed by atoms with Crippen molar-refractivity contribution in [1.29, 1.82) is 0 Å². The van der Waals surface area contributed by atoms with Crippen LogP contribution in [0.2, 0.25) is 5.02 Å². The molecule has 0 unspecified atom stereocenters. The minimum Gasteiger partial charge on any atom is -0.459 e. The Morgan fingerprint density at radius 1 is 1.30 bits per heavy atom. The van der Waals surface area contributed by atoms with E-state index in [-0.39, 0.29) is 5.76 Å². The SMILES string of the molecule is C[C@@](NC(=O)c1ccco1)(C(N)=O)c1cccc(Cl)c1. The Morgan fingerprint density at radius 2 is 2.05 bits per heavy atom. The number of hydrogen-bond acceptors (Lipinski definition) is 3. The topological polar surface area (TPSA) is 85.3 Å². The van der Waals surface area contributed by atoms with Crippen molar-refractivity contribution in [2.75, 3.05) is 0 Å². The molecule has 0 fully saturated rings.